The molecule has 1 aromatic rings. The molecule has 0 saturated carbocycles. The number of benzene rings is 1. The van der Waals surface area contributed by atoms with Crippen molar-refractivity contribution in [2.75, 3.05) is 25.5 Å². The minimum atomic E-state index is -0.130. The third-order valence-electron chi connectivity index (χ3n) is 2.20. The molecule has 0 saturated heterocycles. The van der Waals surface area contributed by atoms with E-state index in [1.165, 1.54) is 0 Å². The van der Waals surface area contributed by atoms with Crippen molar-refractivity contribution in [2.24, 2.45) is 5.73 Å². The molecule has 0 atom stereocenters. The zero-order valence-corrected chi connectivity index (χ0v) is 9.16. The molecule has 0 spiro atoms. The SMILES string of the molecule is Cc1ccccc1NC(=O)N(C)CCN. The Balaban J connectivity index is 2.62. The lowest BCUT2D eigenvalue weighted by Gasteiger charge is -2.17. The molecular weight excluding hydrogens is 190 g/mol. The van der Waals surface area contributed by atoms with E-state index in [1.807, 2.05) is 31.2 Å². The molecule has 1 aromatic carbocycles. The highest BCUT2D eigenvalue weighted by Crippen LogP contribution is 2.13. The molecule has 0 aliphatic rings. The van der Waals surface area contributed by atoms with E-state index in [9.17, 15) is 4.79 Å². The second-order valence-electron chi connectivity index (χ2n) is 3.46. The summed E-state index contributed by atoms with van der Waals surface area (Å²) in [6.07, 6.45) is 0. The van der Waals surface area contributed by atoms with Gasteiger partial charge in [-0.05, 0) is 18.6 Å². The summed E-state index contributed by atoms with van der Waals surface area (Å²) in [4.78, 5) is 13.2. The van der Waals surface area contributed by atoms with Crippen molar-refractivity contribution in [3.05, 3.63) is 29.8 Å². The van der Waals surface area contributed by atoms with Crippen LogP contribution in [0.3, 0.4) is 0 Å². The van der Waals surface area contributed by atoms with E-state index in [0.29, 0.717) is 13.1 Å². The number of hydrogen-bond donors (Lipinski definition) is 2. The number of amides is 2. The number of carbonyl (C=O) groups excluding carboxylic acids is 1. The molecule has 1 rings (SSSR count). The Bertz CT molecular complexity index is 338. The Morgan fingerprint density at radius 1 is 1.47 bits per heavy atom. The summed E-state index contributed by atoms with van der Waals surface area (Å²) >= 11 is 0. The van der Waals surface area contributed by atoms with Crippen LogP contribution in [-0.2, 0) is 0 Å². The molecule has 82 valence electrons. The summed E-state index contributed by atoms with van der Waals surface area (Å²) < 4.78 is 0. The number of hydrogen-bond acceptors (Lipinski definition) is 2. The van der Waals surface area contributed by atoms with Crippen molar-refractivity contribution in [1.29, 1.82) is 0 Å². The topological polar surface area (TPSA) is 58.4 Å². The van der Waals surface area contributed by atoms with Crippen molar-refractivity contribution in [3.8, 4) is 0 Å². The first-order valence-corrected chi connectivity index (χ1v) is 4.93. The summed E-state index contributed by atoms with van der Waals surface area (Å²) in [7, 11) is 1.72. The average Bonchev–Trinajstić information content (AvgIpc) is 2.21. The van der Waals surface area contributed by atoms with Crippen LogP contribution in [-0.4, -0.2) is 31.1 Å². The van der Waals surface area contributed by atoms with Gasteiger partial charge in [-0.1, -0.05) is 18.2 Å². The molecule has 0 radical (unpaired) electrons. The van der Waals surface area contributed by atoms with E-state index in [2.05, 4.69) is 5.32 Å². The molecule has 15 heavy (non-hydrogen) atoms. The van der Waals surface area contributed by atoms with Crippen LogP contribution in [0.15, 0.2) is 24.3 Å². The molecule has 0 bridgehead atoms. The number of para-hydroxylation sites is 1. The number of nitrogens with zero attached hydrogens (tertiary/aromatic N) is 1. The highest BCUT2D eigenvalue weighted by molar-refractivity contribution is 5.89. The lowest BCUT2D eigenvalue weighted by molar-refractivity contribution is 0.223. The predicted octanol–water partition coefficient (Wildman–Crippen LogP) is 1.42. The summed E-state index contributed by atoms with van der Waals surface area (Å²) in [5.41, 5.74) is 7.26. The van der Waals surface area contributed by atoms with Crippen molar-refractivity contribution in [1.82, 2.24) is 4.90 Å². The van der Waals surface area contributed by atoms with Crippen LogP contribution in [0, 0.1) is 6.92 Å². The fraction of sp³-hybridized carbons (Fsp3) is 0.364. The summed E-state index contributed by atoms with van der Waals surface area (Å²) in [5.74, 6) is 0. The van der Waals surface area contributed by atoms with Crippen LogP contribution in [0.4, 0.5) is 10.5 Å². The van der Waals surface area contributed by atoms with Crippen LogP contribution in [0.2, 0.25) is 0 Å². The van der Waals surface area contributed by atoms with Gasteiger partial charge in [0.15, 0.2) is 0 Å². The maximum absolute atomic E-state index is 11.6. The Labute approximate surface area is 90.1 Å². The number of nitrogens with one attached hydrogen (secondary N) is 1. The smallest absolute Gasteiger partial charge is 0.321 e. The maximum atomic E-state index is 11.6. The van der Waals surface area contributed by atoms with Gasteiger partial charge < -0.3 is 16.0 Å². The molecular formula is C11H17N3O. The van der Waals surface area contributed by atoms with E-state index < -0.39 is 0 Å². The Hall–Kier alpha value is -1.55. The normalized spacial score (nSPS) is 9.80. The van der Waals surface area contributed by atoms with Crippen LogP contribution >= 0.6 is 0 Å². The first-order valence-electron chi connectivity index (χ1n) is 4.93. The fourth-order valence-electron chi connectivity index (χ4n) is 1.22. The van der Waals surface area contributed by atoms with Crippen molar-refractivity contribution in [3.63, 3.8) is 0 Å². The molecule has 0 fully saturated rings. The van der Waals surface area contributed by atoms with Crippen LogP contribution in [0.5, 0.6) is 0 Å². The largest absolute Gasteiger partial charge is 0.329 e. The van der Waals surface area contributed by atoms with Gasteiger partial charge in [0.1, 0.15) is 0 Å². The predicted molar refractivity (Wildman–Crippen MR) is 61.9 cm³/mol. The fourth-order valence-corrected chi connectivity index (χ4v) is 1.22. The van der Waals surface area contributed by atoms with Gasteiger partial charge in [-0.2, -0.15) is 0 Å². The number of nitrogens with two attached hydrogens (primary N) is 1. The van der Waals surface area contributed by atoms with E-state index in [0.717, 1.165) is 11.3 Å². The zero-order chi connectivity index (χ0) is 11.3. The summed E-state index contributed by atoms with van der Waals surface area (Å²) in [6.45, 7) is 2.98. The number of anilines is 1. The van der Waals surface area contributed by atoms with E-state index in [4.69, 9.17) is 5.73 Å². The molecule has 0 aromatic heterocycles. The number of urea groups is 1. The average molecular weight is 207 g/mol. The minimum absolute atomic E-state index is 0.130. The monoisotopic (exact) mass is 207 g/mol. The lowest BCUT2D eigenvalue weighted by atomic mass is 10.2. The van der Waals surface area contributed by atoms with Crippen LogP contribution in [0.25, 0.3) is 0 Å². The van der Waals surface area contributed by atoms with E-state index in [1.54, 1.807) is 11.9 Å². The molecule has 0 heterocycles. The van der Waals surface area contributed by atoms with Gasteiger partial charge in [0.2, 0.25) is 0 Å². The van der Waals surface area contributed by atoms with Crippen molar-refractivity contribution >= 4 is 11.7 Å². The third-order valence-corrected chi connectivity index (χ3v) is 2.20. The van der Waals surface area contributed by atoms with Gasteiger partial charge in [0.25, 0.3) is 0 Å². The zero-order valence-electron chi connectivity index (χ0n) is 9.16. The molecule has 3 N–H and O–H groups in total. The van der Waals surface area contributed by atoms with E-state index in [-0.39, 0.29) is 6.03 Å². The standard InChI is InChI=1S/C11H17N3O/c1-9-5-3-4-6-10(9)13-11(15)14(2)8-7-12/h3-6H,7-8,12H2,1-2H3,(H,13,15). The Morgan fingerprint density at radius 3 is 2.73 bits per heavy atom. The second-order valence-corrected chi connectivity index (χ2v) is 3.46. The van der Waals surface area contributed by atoms with Gasteiger partial charge in [0.05, 0.1) is 0 Å². The summed E-state index contributed by atoms with van der Waals surface area (Å²) in [6, 6.07) is 7.54. The van der Waals surface area contributed by atoms with Gasteiger partial charge in [-0.15, -0.1) is 0 Å². The minimum Gasteiger partial charge on any atom is -0.329 e. The molecule has 4 nitrogen and oxygen atoms in total. The lowest BCUT2D eigenvalue weighted by Crippen LogP contribution is -2.35. The highest BCUT2D eigenvalue weighted by Gasteiger charge is 2.08. The van der Waals surface area contributed by atoms with Crippen LogP contribution in [0.1, 0.15) is 5.56 Å². The Morgan fingerprint density at radius 2 is 2.13 bits per heavy atom. The number of carbonyl (C=O) groups is 1. The third kappa shape index (κ3) is 3.25. The van der Waals surface area contributed by atoms with Crippen molar-refractivity contribution in [2.45, 2.75) is 6.92 Å². The Kier molecular flexibility index (Phi) is 4.12. The van der Waals surface area contributed by atoms with Crippen molar-refractivity contribution < 1.29 is 4.79 Å². The first-order chi connectivity index (χ1) is 7.15. The molecule has 0 aliphatic heterocycles. The second kappa shape index (κ2) is 5.36. The van der Waals surface area contributed by atoms with Gasteiger partial charge in [0, 0.05) is 25.8 Å². The quantitative estimate of drug-likeness (QED) is 0.787. The highest BCUT2D eigenvalue weighted by atomic mass is 16.2. The first kappa shape index (κ1) is 11.5. The van der Waals surface area contributed by atoms with Gasteiger partial charge >= 0.3 is 6.03 Å². The summed E-state index contributed by atoms with van der Waals surface area (Å²) in [5, 5.41) is 2.83. The molecule has 2 amide bonds. The number of rotatable bonds is 3. The van der Waals surface area contributed by atoms with Gasteiger partial charge in [-0.3, -0.25) is 0 Å². The van der Waals surface area contributed by atoms with E-state index >= 15 is 0 Å². The maximum Gasteiger partial charge on any atom is 0.321 e. The molecule has 0 unspecified atom stereocenters. The number of likely N-dealkylation sites (N-methyl/N-ethyl adjacent to an activating group) is 1. The number of aryl methyl sites for hydroxylation is 1. The molecule has 0 aliphatic carbocycles. The van der Waals surface area contributed by atoms with Crippen LogP contribution < -0.4 is 11.1 Å². The van der Waals surface area contributed by atoms with Gasteiger partial charge in [-0.25, -0.2) is 4.79 Å². The molecule has 4 heteroatoms.